The van der Waals surface area contributed by atoms with Crippen molar-refractivity contribution in [1.82, 2.24) is 20.2 Å². The summed E-state index contributed by atoms with van der Waals surface area (Å²) >= 11 is 0. The van der Waals surface area contributed by atoms with Gasteiger partial charge in [-0.15, -0.1) is 0 Å². The second kappa shape index (κ2) is 13.0. The van der Waals surface area contributed by atoms with E-state index in [1.165, 1.54) is 94.8 Å². The predicted molar refractivity (Wildman–Crippen MR) is 190 cm³/mol. The second-order valence-corrected chi connectivity index (χ2v) is 14.7. The number of benzene rings is 1. The van der Waals surface area contributed by atoms with Gasteiger partial charge in [-0.3, -0.25) is 0 Å². The number of nitrogens with one attached hydrogen (secondary N) is 2. The minimum absolute atomic E-state index is 0.155. The fourth-order valence-electron chi connectivity index (χ4n) is 9.07. The van der Waals surface area contributed by atoms with Crippen molar-refractivity contribution in [2.24, 2.45) is 5.41 Å². The summed E-state index contributed by atoms with van der Waals surface area (Å²) in [7, 11) is 4.37. The first kappa shape index (κ1) is 31.9. The molecule has 1 spiro atoms. The zero-order valence-corrected chi connectivity index (χ0v) is 28.7. The third-order valence-electron chi connectivity index (χ3n) is 11.7. The van der Waals surface area contributed by atoms with Crippen LogP contribution in [0, 0.1) is 5.41 Å². The van der Waals surface area contributed by atoms with Crippen LogP contribution in [-0.4, -0.2) is 59.7 Å². The topological polar surface area (TPSA) is 59.6 Å². The molecule has 2 unspecified atom stereocenters. The lowest BCUT2D eigenvalue weighted by Crippen LogP contribution is -2.50. The van der Waals surface area contributed by atoms with E-state index in [9.17, 15) is 0 Å². The van der Waals surface area contributed by atoms with Crippen LogP contribution in [0.1, 0.15) is 109 Å². The van der Waals surface area contributed by atoms with Gasteiger partial charge in [0.25, 0.3) is 0 Å². The molecule has 1 aromatic carbocycles. The van der Waals surface area contributed by atoms with Gasteiger partial charge in [-0.25, -0.2) is 4.98 Å². The van der Waals surface area contributed by atoms with E-state index in [0.717, 1.165) is 41.4 Å². The molecular weight excluding hydrogens is 554 g/mol. The van der Waals surface area contributed by atoms with Crippen LogP contribution in [0.2, 0.25) is 0 Å². The van der Waals surface area contributed by atoms with Crippen molar-refractivity contribution in [3.63, 3.8) is 0 Å². The highest BCUT2D eigenvalue weighted by molar-refractivity contribution is 5.76. The Bertz CT molecular complexity index is 1390. The van der Waals surface area contributed by atoms with Crippen LogP contribution in [0.5, 0.6) is 0 Å². The Kier molecular flexibility index (Phi) is 9.20. The summed E-state index contributed by atoms with van der Waals surface area (Å²) in [6.45, 7) is 18.3. The molecule has 1 saturated heterocycles. The van der Waals surface area contributed by atoms with Crippen molar-refractivity contribution in [1.29, 1.82) is 0 Å². The average molecular weight is 612 g/mol. The maximum atomic E-state index is 5.18. The molecule has 2 aliphatic heterocycles. The number of aromatic nitrogens is 2. The van der Waals surface area contributed by atoms with Gasteiger partial charge in [0.05, 0.1) is 12.2 Å². The number of nitrogens with zero attached hydrogens (tertiary/aromatic N) is 5. The molecule has 2 aliphatic carbocycles. The van der Waals surface area contributed by atoms with Crippen LogP contribution in [0.15, 0.2) is 43.3 Å². The van der Waals surface area contributed by atoms with Crippen LogP contribution >= 0.6 is 0 Å². The molecular formula is C38H57N7. The SMILES string of the molecule is C=C(NC1(CCC)CCC2(CCN(C)CC2)C1)c1ccc(Nc2ncc3c(n2)N(C2CCCC2)C(CC)C(=C)N3C)c(CC)c1. The summed E-state index contributed by atoms with van der Waals surface area (Å²) in [4.78, 5) is 17.2. The molecule has 0 bridgehead atoms. The number of likely N-dealkylation sites (N-methyl/N-ethyl adjacent to an activating group) is 1. The van der Waals surface area contributed by atoms with Gasteiger partial charge < -0.3 is 25.3 Å². The van der Waals surface area contributed by atoms with Crippen LogP contribution in [0.25, 0.3) is 5.70 Å². The third kappa shape index (κ3) is 6.22. The molecule has 6 rings (SSSR count). The molecule has 0 amide bonds. The molecule has 2 atom stereocenters. The minimum atomic E-state index is 0.155. The first-order valence-corrected chi connectivity index (χ1v) is 17.8. The number of aryl methyl sites for hydroxylation is 1. The van der Waals surface area contributed by atoms with Gasteiger partial charge in [0.2, 0.25) is 5.95 Å². The zero-order chi connectivity index (χ0) is 31.8. The van der Waals surface area contributed by atoms with Gasteiger partial charge in [0, 0.05) is 35.7 Å². The number of hydrogen-bond acceptors (Lipinski definition) is 7. The highest BCUT2D eigenvalue weighted by Crippen LogP contribution is 2.52. The van der Waals surface area contributed by atoms with Crippen LogP contribution < -0.4 is 20.4 Å². The van der Waals surface area contributed by atoms with E-state index in [1.807, 2.05) is 6.20 Å². The molecule has 2 saturated carbocycles. The number of likely N-dealkylation sites (tertiary alicyclic amines) is 1. The van der Waals surface area contributed by atoms with Crippen molar-refractivity contribution >= 4 is 28.8 Å². The molecule has 0 radical (unpaired) electrons. The van der Waals surface area contributed by atoms with Gasteiger partial charge in [-0.2, -0.15) is 4.98 Å². The Morgan fingerprint density at radius 2 is 1.80 bits per heavy atom. The molecule has 3 heterocycles. The molecule has 244 valence electrons. The van der Waals surface area contributed by atoms with Crippen LogP contribution in [0.3, 0.4) is 0 Å². The summed E-state index contributed by atoms with van der Waals surface area (Å²) in [5.74, 6) is 1.69. The fourth-order valence-corrected chi connectivity index (χ4v) is 9.07. The van der Waals surface area contributed by atoms with Crippen molar-refractivity contribution in [3.8, 4) is 0 Å². The molecule has 2 N–H and O–H groups in total. The van der Waals surface area contributed by atoms with E-state index < -0.39 is 0 Å². The maximum Gasteiger partial charge on any atom is 0.229 e. The van der Waals surface area contributed by atoms with Crippen molar-refractivity contribution in [3.05, 3.63) is 54.4 Å². The van der Waals surface area contributed by atoms with Crippen LogP contribution in [0.4, 0.5) is 23.1 Å². The summed E-state index contributed by atoms with van der Waals surface area (Å²) in [5, 5.41) is 7.63. The lowest BCUT2D eigenvalue weighted by atomic mass is 9.75. The van der Waals surface area contributed by atoms with Crippen molar-refractivity contribution in [2.75, 3.05) is 42.3 Å². The average Bonchev–Trinajstić information content (AvgIpc) is 3.69. The Morgan fingerprint density at radius 1 is 1.04 bits per heavy atom. The van der Waals surface area contributed by atoms with E-state index in [1.54, 1.807) is 0 Å². The van der Waals surface area contributed by atoms with Crippen molar-refractivity contribution < 1.29 is 0 Å². The Hall–Kier alpha value is -3.06. The Balaban J connectivity index is 1.21. The Labute approximate surface area is 272 Å². The highest BCUT2D eigenvalue weighted by atomic mass is 15.4. The predicted octanol–water partition coefficient (Wildman–Crippen LogP) is 8.27. The monoisotopic (exact) mass is 611 g/mol. The quantitative estimate of drug-likeness (QED) is 0.280. The number of rotatable bonds is 10. The second-order valence-electron chi connectivity index (χ2n) is 14.7. The normalized spacial score (nSPS) is 25.2. The first-order valence-electron chi connectivity index (χ1n) is 17.8. The molecule has 3 fully saturated rings. The summed E-state index contributed by atoms with van der Waals surface area (Å²) in [5.41, 5.74) is 7.40. The molecule has 2 aromatic rings. The van der Waals surface area contributed by atoms with E-state index >= 15 is 0 Å². The summed E-state index contributed by atoms with van der Waals surface area (Å²) in [6.07, 6.45) is 17.8. The van der Waals surface area contributed by atoms with Gasteiger partial charge in [0.15, 0.2) is 5.82 Å². The zero-order valence-electron chi connectivity index (χ0n) is 28.7. The first-order chi connectivity index (χ1) is 21.7. The number of anilines is 4. The maximum absolute atomic E-state index is 5.18. The van der Waals surface area contributed by atoms with Crippen molar-refractivity contribution in [2.45, 2.75) is 122 Å². The minimum Gasteiger partial charge on any atom is -0.380 e. The highest BCUT2D eigenvalue weighted by Gasteiger charge is 2.48. The van der Waals surface area contributed by atoms with Gasteiger partial charge in [0.1, 0.15) is 5.69 Å². The molecule has 7 nitrogen and oxygen atoms in total. The molecule has 7 heteroatoms. The van der Waals surface area contributed by atoms with E-state index in [0.29, 0.717) is 17.4 Å². The van der Waals surface area contributed by atoms with E-state index in [2.05, 4.69) is 91.6 Å². The number of piperidine rings is 1. The third-order valence-corrected chi connectivity index (χ3v) is 11.7. The van der Waals surface area contributed by atoms with Gasteiger partial charge >= 0.3 is 0 Å². The summed E-state index contributed by atoms with van der Waals surface area (Å²) < 4.78 is 0. The standard InChI is InChI=1S/C38H57N7/c1-8-17-38(19-18-37(26-38)20-22-43(6)23-21-37)42-27(4)30-15-16-32(29(9-2)24-30)40-36-39-25-34-35(41-36)45(31-13-11-12-14-31)33(10-3)28(5)44(34)7/h15-16,24-25,31,33,42H,4-5,8-14,17-23,26H2,1-3,6-7H3,(H,39,40,41). The van der Waals surface area contributed by atoms with E-state index in [4.69, 9.17) is 9.97 Å². The van der Waals surface area contributed by atoms with Gasteiger partial charge in [-0.05, 0) is 113 Å². The van der Waals surface area contributed by atoms with Crippen LogP contribution in [-0.2, 0) is 6.42 Å². The molecule has 1 aromatic heterocycles. The molecule has 4 aliphatic rings. The Morgan fingerprint density at radius 3 is 2.49 bits per heavy atom. The van der Waals surface area contributed by atoms with E-state index in [-0.39, 0.29) is 11.6 Å². The largest absolute Gasteiger partial charge is 0.380 e. The molecule has 45 heavy (non-hydrogen) atoms. The summed E-state index contributed by atoms with van der Waals surface area (Å²) in [6, 6.07) is 7.50. The fraction of sp³-hybridized carbons (Fsp3) is 0.632. The lowest BCUT2D eigenvalue weighted by molar-refractivity contribution is 0.117. The lowest BCUT2D eigenvalue weighted by Gasteiger charge is -2.46. The number of hydrogen-bond donors (Lipinski definition) is 2. The smallest absolute Gasteiger partial charge is 0.229 e. The van der Waals surface area contributed by atoms with Gasteiger partial charge in [-0.1, -0.05) is 59.3 Å². The number of fused-ring (bicyclic) bond motifs is 1.